The smallest absolute Gasteiger partial charge is 0.193 e. The highest BCUT2D eigenvalue weighted by molar-refractivity contribution is 5.80. The van der Waals surface area contributed by atoms with Gasteiger partial charge in [0.15, 0.2) is 5.96 Å². The molecule has 1 unspecified atom stereocenters. The highest BCUT2D eigenvalue weighted by Crippen LogP contribution is 2.27. The Hall–Kier alpha value is -2.80. The molecule has 1 aliphatic heterocycles. The molecular formula is C22H30FN5O. The van der Waals surface area contributed by atoms with Gasteiger partial charge >= 0.3 is 0 Å². The number of aromatic hydroxyl groups is 1. The minimum Gasteiger partial charge on any atom is -0.506 e. The molecule has 0 aromatic heterocycles. The SMILES string of the molecule is CN=C(NCC(c1cccc(F)c1)N(C)C)N1CCN(c2ccccc2O)CC1. The Kier molecular flexibility index (Phi) is 6.93. The van der Waals surface area contributed by atoms with Crippen molar-refractivity contribution in [2.45, 2.75) is 6.04 Å². The number of piperazine rings is 1. The van der Waals surface area contributed by atoms with Crippen LogP contribution in [0.3, 0.4) is 0 Å². The van der Waals surface area contributed by atoms with E-state index < -0.39 is 0 Å². The molecule has 0 amide bonds. The van der Waals surface area contributed by atoms with E-state index in [1.54, 1.807) is 25.2 Å². The highest BCUT2D eigenvalue weighted by Gasteiger charge is 2.22. The maximum atomic E-state index is 13.7. The predicted octanol–water partition coefficient (Wildman–Crippen LogP) is 2.53. The van der Waals surface area contributed by atoms with Crippen LogP contribution in [0.15, 0.2) is 53.5 Å². The molecular weight excluding hydrogens is 369 g/mol. The van der Waals surface area contributed by atoms with Crippen LogP contribution in [0.1, 0.15) is 11.6 Å². The van der Waals surface area contributed by atoms with Crippen molar-refractivity contribution in [2.24, 2.45) is 4.99 Å². The highest BCUT2D eigenvalue weighted by atomic mass is 19.1. The average Bonchev–Trinajstić information content (AvgIpc) is 2.72. The molecule has 1 heterocycles. The molecule has 7 heteroatoms. The third-order valence-electron chi connectivity index (χ3n) is 5.32. The summed E-state index contributed by atoms with van der Waals surface area (Å²) in [6.07, 6.45) is 0. The van der Waals surface area contributed by atoms with E-state index >= 15 is 0 Å². The number of aliphatic imine (C=N–C) groups is 1. The van der Waals surface area contributed by atoms with E-state index in [1.807, 2.05) is 38.4 Å². The number of nitrogens with zero attached hydrogens (tertiary/aromatic N) is 4. The molecule has 0 spiro atoms. The minimum atomic E-state index is -0.223. The van der Waals surface area contributed by atoms with Crippen molar-refractivity contribution < 1.29 is 9.50 Å². The Labute approximate surface area is 172 Å². The van der Waals surface area contributed by atoms with E-state index in [0.29, 0.717) is 12.3 Å². The lowest BCUT2D eigenvalue weighted by Crippen LogP contribution is -2.53. The summed E-state index contributed by atoms with van der Waals surface area (Å²) in [6.45, 7) is 3.85. The predicted molar refractivity (Wildman–Crippen MR) is 116 cm³/mol. The van der Waals surface area contributed by atoms with Crippen LogP contribution >= 0.6 is 0 Å². The maximum absolute atomic E-state index is 13.7. The third-order valence-corrected chi connectivity index (χ3v) is 5.32. The van der Waals surface area contributed by atoms with Crippen molar-refractivity contribution in [1.82, 2.24) is 15.1 Å². The summed E-state index contributed by atoms with van der Waals surface area (Å²) in [4.78, 5) is 10.9. The number of phenolic OH excluding ortho intramolecular Hbond substituents is 1. The number of rotatable bonds is 5. The zero-order valence-electron chi connectivity index (χ0n) is 17.3. The molecule has 1 saturated heterocycles. The summed E-state index contributed by atoms with van der Waals surface area (Å²) in [5.74, 6) is 0.927. The van der Waals surface area contributed by atoms with Crippen molar-refractivity contribution in [3.05, 3.63) is 59.9 Å². The molecule has 2 N–H and O–H groups in total. The summed E-state index contributed by atoms with van der Waals surface area (Å²) < 4.78 is 13.7. The molecule has 2 aromatic carbocycles. The van der Waals surface area contributed by atoms with Crippen molar-refractivity contribution in [2.75, 3.05) is 58.8 Å². The van der Waals surface area contributed by atoms with Crippen molar-refractivity contribution in [3.8, 4) is 5.75 Å². The second kappa shape index (κ2) is 9.60. The Bertz CT molecular complexity index is 833. The topological polar surface area (TPSA) is 54.3 Å². The molecule has 156 valence electrons. The zero-order chi connectivity index (χ0) is 20.8. The minimum absolute atomic E-state index is 0.0324. The molecule has 3 rings (SSSR count). The van der Waals surface area contributed by atoms with E-state index in [4.69, 9.17) is 0 Å². The Morgan fingerprint density at radius 2 is 1.86 bits per heavy atom. The van der Waals surface area contributed by atoms with Gasteiger partial charge < -0.3 is 25.1 Å². The number of benzene rings is 2. The van der Waals surface area contributed by atoms with Crippen LogP contribution in [0.4, 0.5) is 10.1 Å². The van der Waals surface area contributed by atoms with Crippen molar-refractivity contribution in [1.29, 1.82) is 0 Å². The number of anilines is 1. The fraction of sp³-hybridized carbons (Fsp3) is 0.409. The van der Waals surface area contributed by atoms with Crippen LogP contribution in [0.2, 0.25) is 0 Å². The van der Waals surface area contributed by atoms with Gasteiger partial charge in [0.1, 0.15) is 11.6 Å². The lowest BCUT2D eigenvalue weighted by atomic mass is 10.1. The molecule has 1 aliphatic rings. The molecule has 1 atom stereocenters. The maximum Gasteiger partial charge on any atom is 0.193 e. The van der Waals surface area contributed by atoms with E-state index in [1.165, 1.54) is 6.07 Å². The van der Waals surface area contributed by atoms with Crippen molar-refractivity contribution >= 4 is 11.6 Å². The van der Waals surface area contributed by atoms with Gasteiger partial charge in [-0.05, 0) is 43.9 Å². The standard InChI is InChI=1S/C22H30FN5O/c1-24-22(25-16-20(26(2)3)17-7-6-8-18(23)15-17)28-13-11-27(12-14-28)19-9-4-5-10-21(19)29/h4-10,15,20,29H,11-14,16H2,1-3H3,(H,24,25). The number of phenols is 1. The van der Waals surface area contributed by atoms with Gasteiger partial charge in [-0.3, -0.25) is 4.99 Å². The van der Waals surface area contributed by atoms with Gasteiger partial charge in [-0.2, -0.15) is 0 Å². The van der Waals surface area contributed by atoms with Crippen LogP contribution in [-0.2, 0) is 0 Å². The molecule has 0 saturated carbocycles. The number of para-hydroxylation sites is 2. The summed E-state index contributed by atoms with van der Waals surface area (Å²) in [5, 5.41) is 13.5. The normalized spacial score (nSPS) is 16.2. The number of hydrogen-bond acceptors (Lipinski definition) is 4. The molecule has 0 bridgehead atoms. The molecule has 2 aromatic rings. The second-order valence-electron chi connectivity index (χ2n) is 7.43. The number of likely N-dealkylation sites (N-methyl/N-ethyl adjacent to an activating group) is 1. The second-order valence-corrected chi connectivity index (χ2v) is 7.43. The Morgan fingerprint density at radius 3 is 2.48 bits per heavy atom. The van der Waals surface area contributed by atoms with Gasteiger partial charge in [0.2, 0.25) is 0 Å². The molecule has 0 aliphatic carbocycles. The van der Waals surface area contributed by atoms with Crippen LogP contribution in [-0.4, -0.2) is 74.7 Å². The molecule has 6 nitrogen and oxygen atoms in total. The Morgan fingerprint density at radius 1 is 1.14 bits per heavy atom. The fourth-order valence-electron chi connectivity index (χ4n) is 3.72. The van der Waals surface area contributed by atoms with E-state index in [-0.39, 0.29) is 11.9 Å². The largest absolute Gasteiger partial charge is 0.506 e. The van der Waals surface area contributed by atoms with Crippen LogP contribution in [0.5, 0.6) is 5.75 Å². The van der Waals surface area contributed by atoms with Gasteiger partial charge in [0.25, 0.3) is 0 Å². The first-order valence-corrected chi connectivity index (χ1v) is 9.90. The lowest BCUT2D eigenvalue weighted by Gasteiger charge is -2.38. The first-order valence-electron chi connectivity index (χ1n) is 9.90. The Balaban J connectivity index is 1.60. The summed E-state index contributed by atoms with van der Waals surface area (Å²) >= 11 is 0. The van der Waals surface area contributed by atoms with Crippen molar-refractivity contribution in [3.63, 3.8) is 0 Å². The van der Waals surface area contributed by atoms with Gasteiger partial charge in [-0.15, -0.1) is 0 Å². The van der Waals surface area contributed by atoms with E-state index in [0.717, 1.165) is 43.4 Å². The van der Waals surface area contributed by atoms with Gasteiger partial charge in [-0.25, -0.2) is 4.39 Å². The summed E-state index contributed by atoms with van der Waals surface area (Å²) in [5.41, 5.74) is 1.80. The number of nitrogens with one attached hydrogen (secondary N) is 1. The number of guanidine groups is 1. The average molecular weight is 400 g/mol. The fourth-order valence-corrected chi connectivity index (χ4v) is 3.72. The quantitative estimate of drug-likeness (QED) is 0.598. The van der Waals surface area contributed by atoms with E-state index in [2.05, 4.69) is 25.0 Å². The molecule has 0 radical (unpaired) electrons. The number of halogens is 1. The van der Waals surface area contributed by atoms with Gasteiger partial charge in [0, 0.05) is 39.8 Å². The third kappa shape index (κ3) is 5.17. The first kappa shape index (κ1) is 20.9. The summed E-state index contributed by atoms with van der Waals surface area (Å²) in [6, 6.07) is 14.2. The van der Waals surface area contributed by atoms with Crippen LogP contribution < -0.4 is 10.2 Å². The molecule has 1 fully saturated rings. The lowest BCUT2D eigenvalue weighted by molar-refractivity contribution is 0.291. The van der Waals surface area contributed by atoms with E-state index in [9.17, 15) is 9.50 Å². The zero-order valence-corrected chi connectivity index (χ0v) is 17.3. The monoisotopic (exact) mass is 399 g/mol. The molecule has 29 heavy (non-hydrogen) atoms. The van der Waals surface area contributed by atoms with Crippen LogP contribution in [0, 0.1) is 5.82 Å². The van der Waals surface area contributed by atoms with Gasteiger partial charge in [0.05, 0.1) is 11.7 Å². The number of hydrogen-bond donors (Lipinski definition) is 2. The summed E-state index contributed by atoms with van der Waals surface area (Å²) in [7, 11) is 5.76. The van der Waals surface area contributed by atoms with Crippen LogP contribution in [0.25, 0.3) is 0 Å². The first-order chi connectivity index (χ1) is 14.0. The van der Waals surface area contributed by atoms with Gasteiger partial charge in [-0.1, -0.05) is 24.3 Å².